The molecule has 2 unspecified atom stereocenters. The van der Waals surface area contributed by atoms with Gasteiger partial charge >= 0.3 is 19.8 Å². The fraction of sp³-hybridized carbons (Fsp3) is 0.707. The molecule has 0 aliphatic carbocycles. The van der Waals surface area contributed by atoms with Crippen molar-refractivity contribution in [2.75, 3.05) is 26.4 Å². The molecule has 0 fully saturated rings. The number of nitrogens with two attached hydrogens (primary N) is 1. The first-order valence-corrected chi connectivity index (χ1v) is 36.5. The first kappa shape index (κ1) is 81.4. The number of allylic oxidation sites excluding steroid dienone is 20. The van der Waals surface area contributed by atoms with Crippen LogP contribution >= 0.6 is 7.82 Å². The minimum atomic E-state index is -4.41. The van der Waals surface area contributed by atoms with E-state index in [0.717, 1.165) is 109 Å². The summed E-state index contributed by atoms with van der Waals surface area (Å²) in [5.74, 6) is -0.847. The Morgan fingerprint density at radius 3 is 0.976 bits per heavy atom. The first-order chi connectivity index (χ1) is 41.8. The van der Waals surface area contributed by atoms with Gasteiger partial charge in [-0.1, -0.05) is 309 Å². The fourth-order valence-corrected chi connectivity index (χ4v) is 10.5. The molecule has 0 spiro atoms. The third-order valence-electron chi connectivity index (χ3n) is 14.8. The Morgan fingerprint density at radius 1 is 0.365 bits per heavy atom. The molecule has 85 heavy (non-hydrogen) atoms. The molecule has 0 saturated carbocycles. The van der Waals surface area contributed by atoms with Crippen molar-refractivity contribution < 1.29 is 37.6 Å². The van der Waals surface area contributed by atoms with Gasteiger partial charge in [-0.15, -0.1) is 0 Å². The number of ether oxygens (including phenoxy) is 2. The third-order valence-corrected chi connectivity index (χ3v) is 15.8. The Hall–Kier alpha value is -3.59. The Balaban J connectivity index is 3.96. The van der Waals surface area contributed by atoms with Gasteiger partial charge in [-0.3, -0.25) is 18.6 Å². The molecule has 9 nitrogen and oxygen atoms in total. The maximum Gasteiger partial charge on any atom is 0.472 e. The first-order valence-electron chi connectivity index (χ1n) is 35.0. The van der Waals surface area contributed by atoms with Crippen molar-refractivity contribution in [3.63, 3.8) is 0 Å². The molecule has 2 atom stereocenters. The quantitative estimate of drug-likeness (QED) is 0.0264. The number of esters is 2. The lowest BCUT2D eigenvalue weighted by Crippen LogP contribution is -2.29. The van der Waals surface area contributed by atoms with Crippen molar-refractivity contribution in [1.82, 2.24) is 0 Å². The molecule has 0 aromatic rings. The second-order valence-electron chi connectivity index (χ2n) is 23.0. The van der Waals surface area contributed by atoms with E-state index in [9.17, 15) is 19.0 Å². The van der Waals surface area contributed by atoms with E-state index in [0.29, 0.717) is 6.42 Å². The highest BCUT2D eigenvalue weighted by Crippen LogP contribution is 2.43. The molecule has 0 aromatic carbocycles. The Labute approximate surface area is 523 Å². The SMILES string of the molecule is CC/C=C\C/C=C\C/C=C\C/C=C\C/C=C\C/C=C\C/C=C\C/C=C\C/C=C\CCCCCCCC(=O)OC(COC(=O)CCCCCCCCCCCCCCCCCCCCC/C=C\CCCCCCCCCC)COP(=O)(O)OCCN. The average Bonchev–Trinajstić information content (AvgIpc) is 3.52. The molecule has 0 amide bonds. The Morgan fingerprint density at radius 2 is 0.647 bits per heavy atom. The summed E-state index contributed by atoms with van der Waals surface area (Å²) in [5.41, 5.74) is 5.40. The Bertz CT molecular complexity index is 1810. The molecule has 488 valence electrons. The number of hydrogen-bond acceptors (Lipinski definition) is 8. The van der Waals surface area contributed by atoms with Crippen molar-refractivity contribution in [3.05, 3.63) is 122 Å². The maximum absolute atomic E-state index is 12.8. The highest BCUT2D eigenvalue weighted by molar-refractivity contribution is 7.47. The summed E-state index contributed by atoms with van der Waals surface area (Å²) >= 11 is 0. The monoisotopic (exact) mass is 1200 g/mol. The number of hydrogen-bond donors (Lipinski definition) is 2. The molecule has 0 aliphatic rings. The second kappa shape index (κ2) is 69.5. The van der Waals surface area contributed by atoms with Crippen LogP contribution in [0.2, 0.25) is 0 Å². The van der Waals surface area contributed by atoms with Crippen LogP contribution in [0.5, 0.6) is 0 Å². The standard InChI is InChI=1S/C75H130NO8P/c1-3-5-7-9-11-13-15-17-19-21-23-25-27-29-31-33-35-36-38-40-42-44-46-48-50-52-54-56-58-60-62-64-66-68-75(78)84-73(72-83-85(79,80)82-70-69-76)71-81-74(77)67-65-63-61-59-57-55-53-51-49-47-45-43-41-39-37-34-32-30-28-26-24-22-20-18-16-14-12-10-8-6-4-2/h5,7,11,13,17,19,22-25,29,31,35-36,40,42,46,48,52,54,73H,3-4,6,8-10,12,14-16,18,20-21,26-28,30,32-34,37-39,41,43-45,47,49-51,53,55-72,76H2,1-2H3,(H,79,80)/b7-5-,13-11-,19-17-,24-22-,25-23-,31-29-,36-35-,42-40-,48-46-,54-52-. The number of carbonyl (C=O) groups excluding carboxylic acids is 2. The van der Waals surface area contributed by atoms with Crippen LogP contribution in [0.4, 0.5) is 0 Å². The zero-order chi connectivity index (χ0) is 61.6. The average molecular weight is 1200 g/mol. The van der Waals surface area contributed by atoms with Gasteiger partial charge in [-0.05, 0) is 109 Å². The molecule has 0 radical (unpaired) electrons. The number of unbranched alkanes of at least 4 members (excludes halogenated alkanes) is 32. The van der Waals surface area contributed by atoms with Crippen LogP contribution in [0.3, 0.4) is 0 Å². The summed E-state index contributed by atoms with van der Waals surface area (Å²) in [6, 6.07) is 0. The van der Waals surface area contributed by atoms with E-state index in [1.165, 1.54) is 167 Å². The molecule has 0 heterocycles. The van der Waals surface area contributed by atoms with Gasteiger partial charge in [0.2, 0.25) is 0 Å². The van der Waals surface area contributed by atoms with E-state index >= 15 is 0 Å². The normalized spacial score (nSPS) is 13.7. The lowest BCUT2D eigenvalue weighted by Gasteiger charge is -2.19. The molecular weight excluding hydrogens is 1070 g/mol. The fourth-order valence-electron chi connectivity index (χ4n) is 9.68. The minimum absolute atomic E-state index is 0.0449. The van der Waals surface area contributed by atoms with E-state index in [1.54, 1.807) is 0 Å². The lowest BCUT2D eigenvalue weighted by atomic mass is 10.0. The van der Waals surface area contributed by atoms with E-state index in [4.69, 9.17) is 24.3 Å². The maximum atomic E-state index is 12.8. The number of phosphoric ester groups is 1. The molecule has 0 aliphatic heterocycles. The minimum Gasteiger partial charge on any atom is -0.462 e. The van der Waals surface area contributed by atoms with Crippen LogP contribution in [0.15, 0.2) is 122 Å². The summed E-state index contributed by atoms with van der Waals surface area (Å²) in [4.78, 5) is 35.4. The van der Waals surface area contributed by atoms with E-state index in [1.807, 2.05) is 0 Å². The smallest absolute Gasteiger partial charge is 0.462 e. The molecule has 3 N–H and O–H groups in total. The van der Waals surface area contributed by atoms with E-state index in [-0.39, 0.29) is 38.6 Å². The van der Waals surface area contributed by atoms with Gasteiger partial charge in [0.05, 0.1) is 13.2 Å². The second-order valence-corrected chi connectivity index (χ2v) is 24.5. The van der Waals surface area contributed by atoms with Gasteiger partial charge in [0.15, 0.2) is 6.10 Å². The van der Waals surface area contributed by atoms with Crippen LogP contribution in [0.1, 0.15) is 309 Å². The summed E-state index contributed by atoms with van der Waals surface area (Å²) < 4.78 is 33.2. The van der Waals surface area contributed by atoms with Crippen LogP contribution in [0, 0.1) is 0 Å². The highest BCUT2D eigenvalue weighted by Gasteiger charge is 2.26. The lowest BCUT2D eigenvalue weighted by molar-refractivity contribution is -0.161. The van der Waals surface area contributed by atoms with Crippen molar-refractivity contribution in [2.45, 2.75) is 315 Å². The highest BCUT2D eigenvalue weighted by atomic mass is 31.2. The predicted molar refractivity (Wildman–Crippen MR) is 367 cm³/mol. The van der Waals surface area contributed by atoms with Crippen molar-refractivity contribution >= 4 is 19.8 Å². The molecule has 10 heteroatoms. The van der Waals surface area contributed by atoms with Crippen LogP contribution in [0.25, 0.3) is 0 Å². The predicted octanol–water partition coefficient (Wildman–Crippen LogP) is 23.1. The van der Waals surface area contributed by atoms with Gasteiger partial charge in [-0.2, -0.15) is 0 Å². The summed E-state index contributed by atoms with van der Waals surface area (Å²) in [6.07, 6.45) is 97.2. The topological polar surface area (TPSA) is 134 Å². The molecular formula is C75H130NO8P. The molecule has 0 aromatic heterocycles. The van der Waals surface area contributed by atoms with Crippen LogP contribution in [-0.4, -0.2) is 49.3 Å². The van der Waals surface area contributed by atoms with Gasteiger partial charge in [0, 0.05) is 19.4 Å². The number of rotatable bonds is 65. The Kier molecular flexibility index (Phi) is 66.6. The van der Waals surface area contributed by atoms with Crippen LogP contribution in [-0.2, 0) is 32.7 Å². The number of carbonyl (C=O) groups is 2. The summed E-state index contributed by atoms with van der Waals surface area (Å²) in [7, 11) is -4.41. The molecule has 0 rings (SSSR count). The van der Waals surface area contributed by atoms with Crippen molar-refractivity contribution in [1.29, 1.82) is 0 Å². The number of phosphoric acid groups is 1. The largest absolute Gasteiger partial charge is 0.472 e. The van der Waals surface area contributed by atoms with E-state index in [2.05, 4.69) is 135 Å². The summed E-state index contributed by atoms with van der Waals surface area (Å²) in [5, 5.41) is 0. The van der Waals surface area contributed by atoms with Gasteiger partial charge < -0.3 is 20.1 Å². The van der Waals surface area contributed by atoms with Gasteiger partial charge in [-0.25, -0.2) is 4.57 Å². The van der Waals surface area contributed by atoms with Gasteiger partial charge in [0.25, 0.3) is 0 Å². The van der Waals surface area contributed by atoms with Crippen molar-refractivity contribution in [2.24, 2.45) is 5.73 Å². The molecule has 0 saturated heterocycles. The summed E-state index contributed by atoms with van der Waals surface area (Å²) in [6.45, 7) is 3.63. The molecule has 0 bridgehead atoms. The zero-order valence-electron chi connectivity index (χ0n) is 54.8. The van der Waals surface area contributed by atoms with Gasteiger partial charge in [0.1, 0.15) is 6.61 Å². The van der Waals surface area contributed by atoms with E-state index < -0.39 is 26.5 Å². The van der Waals surface area contributed by atoms with Crippen LogP contribution < -0.4 is 5.73 Å². The van der Waals surface area contributed by atoms with Crippen molar-refractivity contribution in [3.8, 4) is 0 Å². The third kappa shape index (κ3) is 69.4. The zero-order valence-corrected chi connectivity index (χ0v) is 55.7.